The van der Waals surface area contributed by atoms with E-state index in [4.69, 9.17) is 4.74 Å². The number of nitrogens with one attached hydrogen (secondary N) is 2. The second kappa shape index (κ2) is 9.20. The summed E-state index contributed by atoms with van der Waals surface area (Å²) in [6.07, 6.45) is 0.442. The Bertz CT molecular complexity index is 960. The Morgan fingerprint density at radius 2 is 1.71 bits per heavy atom. The molecule has 1 aliphatic heterocycles. The van der Waals surface area contributed by atoms with Gasteiger partial charge in [0.25, 0.3) is 5.91 Å². The van der Waals surface area contributed by atoms with E-state index in [-0.39, 0.29) is 18.5 Å². The zero-order valence-corrected chi connectivity index (χ0v) is 18.3. The lowest BCUT2D eigenvalue weighted by molar-refractivity contribution is -0.136. The first-order valence-electron chi connectivity index (χ1n) is 10.4. The number of benzene rings is 2. The number of para-hydroxylation sites is 1. The SMILES string of the molecule is COc1ccccc1C(C)NC(=O)CN1C(=O)NC(CC(C)C)(c2ccccc2)C1=O. The summed E-state index contributed by atoms with van der Waals surface area (Å²) < 4.78 is 5.35. The molecule has 31 heavy (non-hydrogen) atoms. The predicted molar refractivity (Wildman–Crippen MR) is 117 cm³/mol. The zero-order valence-electron chi connectivity index (χ0n) is 18.3. The Kier molecular flexibility index (Phi) is 6.63. The topological polar surface area (TPSA) is 87.7 Å². The third-order valence-corrected chi connectivity index (χ3v) is 5.44. The van der Waals surface area contributed by atoms with Crippen molar-refractivity contribution in [1.82, 2.24) is 15.5 Å². The molecular formula is C24H29N3O4. The van der Waals surface area contributed by atoms with Gasteiger partial charge in [-0.1, -0.05) is 62.4 Å². The third-order valence-electron chi connectivity index (χ3n) is 5.44. The fourth-order valence-corrected chi connectivity index (χ4v) is 4.09. The first-order valence-corrected chi connectivity index (χ1v) is 10.4. The monoisotopic (exact) mass is 423 g/mol. The van der Waals surface area contributed by atoms with Gasteiger partial charge in [-0.15, -0.1) is 0 Å². The molecule has 1 saturated heterocycles. The molecule has 0 aromatic heterocycles. The second-order valence-corrected chi connectivity index (χ2v) is 8.22. The molecule has 2 aromatic rings. The third kappa shape index (κ3) is 4.55. The first kappa shape index (κ1) is 22.3. The molecule has 1 aliphatic rings. The number of hydrogen-bond donors (Lipinski definition) is 2. The Morgan fingerprint density at radius 3 is 2.35 bits per heavy atom. The molecule has 0 radical (unpaired) electrons. The number of methoxy groups -OCH3 is 1. The van der Waals surface area contributed by atoms with Crippen LogP contribution >= 0.6 is 0 Å². The lowest BCUT2D eigenvalue weighted by Gasteiger charge is -2.29. The summed E-state index contributed by atoms with van der Waals surface area (Å²) in [6.45, 7) is 5.47. The molecule has 2 unspecified atom stereocenters. The summed E-state index contributed by atoms with van der Waals surface area (Å²) in [7, 11) is 1.57. The summed E-state index contributed by atoms with van der Waals surface area (Å²) in [5, 5.41) is 5.71. The van der Waals surface area contributed by atoms with E-state index < -0.39 is 23.4 Å². The highest BCUT2D eigenvalue weighted by atomic mass is 16.5. The number of nitrogens with zero attached hydrogens (tertiary/aromatic N) is 1. The van der Waals surface area contributed by atoms with Gasteiger partial charge in [0.2, 0.25) is 5.91 Å². The minimum Gasteiger partial charge on any atom is -0.496 e. The number of ether oxygens (including phenoxy) is 1. The van der Waals surface area contributed by atoms with Gasteiger partial charge in [0, 0.05) is 5.56 Å². The van der Waals surface area contributed by atoms with Crippen molar-refractivity contribution < 1.29 is 19.1 Å². The maximum Gasteiger partial charge on any atom is 0.325 e. The summed E-state index contributed by atoms with van der Waals surface area (Å²) in [5.41, 5.74) is 0.363. The second-order valence-electron chi connectivity index (χ2n) is 8.22. The number of amides is 4. The highest BCUT2D eigenvalue weighted by molar-refractivity contribution is 6.09. The van der Waals surface area contributed by atoms with Crippen LogP contribution in [0.5, 0.6) is 5.75 Å². The molecule has 0 saturated carbocycles. The van der Waals surface area contributed by atoms with Gasteiger partial charge in [-0.2, -0.15) is 0 Å². The van der Waals surface area contributed by atoms with Crippen LogP contribution in [0.2, 0.25) is 0 Å². The molecule has 2 N–H and O–H groups in total. The molecule has 3 rings (SSSR count). The number of hydrogen-bond acceptors (Lipinski definition) is 4. The van der Waals surface area contributed by atoms with Crippen molar-refractivity contribution in [2.24, 2.45) is 5.92 Å². The molecule has 0 bridgehead atoms. The Hall–Kier alpha value is -3.35. The van der Waals surface area contributed by atoms with Crippen LogP contribution in [0.3, 0.4) is 0 Å². The molecule has 1 heterocycles. The molecule has 4 amide bonds. The largest absolute Gasteiger partial charge is 0.496 e. The van der Waals surface area contributed by atoms with Crippen LogP contribution in [0.25, 0.3) is 0 Å². The summed E-state index contributed by atoms with van der Waals surface area (Å²) in [5.74, 6) is -0.0121. The van der Waals surface area contributed by atoms with Crippen molar-refractivity contribution in [3.63, 3.8) is 0 Å². The van der Waals surface area contributed by atoms with Gasteiger partial charge in [0.1, 0.15) is 17.8 Å². The van der Waals surface area contributed by atoms with Crippen molar-refractivity contribution in [2.45, 2.75) is 38.8 Å². The van der Waals surface area contributed by atoms with E-state index in [0.29, 0.717) is 17.7 Å². The normalized spacial score (nSPS) is 19.3. The van der Waals surface area contributed by atoms with Crippen molar-refractivity contribution in [3.8, 4) is 5.75 Å². The highest BCUT2D eigenvalue weighted by Gasteiger charge is 2.52. The van der Waals surface area contributed by atoms with Crippen LogP contribution in [-0.2, 0) is 15.1 Å². The van der Waals surface area contributed by atoms with Crippen molar-refractivity contribution in [3.05, 3.63) is 65.7 Å². The average molecular weight is 424 g/mol. The summed E-state index contributed by atoms with van der Waals surface area (Å²) in [6, 6.07) is 15.7. The van der Waals surface area contributed by atoms with E-state index in [9.17, 15) is 14.4 Å². The average Bonchev–Trinajstić information content (AvgIpc) is 2.98. The minimum absolute atomic E-state index is 0.156. The van der Waals surface area contributed by atoms with Crippen molar-refractivity contribution in [1.29, 1.82) is 0 Å². The smallest absolute Gasteiger partial charge is 0.325 e. The van der Waals surface area contributed by atoms with E-state index in [1.54, 1.807) is 7.11 Å². The van der Waals surface area contributed by atoms with E-state index in [1.807, 2.05) is 75.4 Å². The van der Waals surface area contributed by atoms with E-state index >= 15 is 0 Å². The Balaban J connectivity index is 1.78. The van der Waals surface area contributed by atoms with Gasteiger partial charge in [0.05, 0.1) is 13.2 Å². The van der Waals surface area contributed by atoms with E-state index in [0.717, 1.165) is 10.5 Å². The lowest BCUT2D eigenvalue weighted by atomic mass is 9.82. The molecule has 7 heteroatoms. The van der Waals surface area contributed by atoms with Crippen molar-refractivity contribution >= 4 is 17.8 Å². The van der Waals surface area contributed by atoms with Crippen LogP contribution in [-0.4, -0.2) is 36.4 Å². The highest BCUT2D eigenvalue weighted by Crippen LogP contribution is 2.35. The van der Waals surface area contributed by atoms with Crippen LogP contribution in [0.1, 0.15) is 44.4 Å². The van der Waals surface area contributed by atoms with Gasteiger partial charge >= 0.3 is 6.03 Å². The van der Waals surface area contributed by atoms with Crippen LogP contribution in [0, 0.1) is 5.92 Å². The van der Waals surface area contributed by atoms with Crippen LogP contribution < -0.4 is 15.4 Å². The minimum atomic E-state index is -1.17. The van der Waals surface area contributed by atoms with Crippen molar-refractivity contribution in [2.75, 3.05) is 13.7 Å². The molecule has 0 aliphatic carbocycles. The number of imide groups is 1. The van der Waals surface area contributed by atoms with Gasteiger partial charge in [0.15, 0.2) is 0 Å². The van der Waals surface area contributed by atoms with Gasteiger partial charge in [-0.05, 0) is 30.9 Å². The Labute approximate surface area is 182 Å². The molecule has 7 nitrogen and oxygen atoms in total. The molecule has 164 valence electrons. The summed E-state index contributed by atoms with van der Waals surface area (Å²) in [4.78, 5) is 39.9. The maximum absolute atomic E-state index is 13.4. The standard InChI is InChI=1S/C24H29N3O4/c1-16(2)14-24(18-10-6-5-7-11-18)22(29)27(23(30)26-24)15-21(28)25-17(3)19-12-8-9-13-20(19)31-4/h5-13,16-17H,14-15H2,1-4H3,(H,25,28)(H,26,30). The fraction of sp³-hybridized carbons (Fsp3) is 0.375. The number of urea groups is 1. The van der Waals surface area contributed by atoms with E-state index in [1.165, 1.54) is 0 Å². The number of carbonyl (C=O) groups is 3. The molecule has 2 aromatic carbocycles. The van der Waals surface area contributed by atoms with E-state index in [2.05, 4.69) is 10.6 Å². The first-order chi connectivity index (χ1) is 14.8. The predicted octanol–water partition coefficient (Wildman–Crippen LogP) is 3.37. The lowest BCUT2D eigenvalue weighted by Crippen LogP contribution is -2.46. The zero-order chi connectivity index (χ0) is 22.6. The maximum atomic E-state index is 13.4. The van der Waals surface area contributed by atoms with Gasteiger partial charge < -0.3 is 15.4 Å². The van der Waals surface area contributed by atoms with Crippen LogP contribution in [0.15, 0.2) is 54.6 Å². The summed E-state index contributed by atoms with van der Waals surface area (Å²) >= 11 is 0. The quantitative estimate of drug-likeness (QED) is 0.638. The molecular weight excluding hydrogens is 394 g/mol. The molecule has 2 atom stereocenters. The Morgan fingerprint density at radius 1 is 1.06 bits per heavy atom. The fourth-order valence-electron chi connectivity index (χ4n) is 4.09. The van der Waals surface area contributed by atoms with Gasteiger partial charge in [-0.25, -0.2) is 4.79 Å². The molecule has 1 fully saturated rings. The van der Waals surface area contributed by atoms with Gasteiger partial charge in [-0.3, -0.25) is 14.5 Å². The number of rotatable bonds is 8. The molecule has 0 spiro atoms. The van der Waals surface area contributed by atoms with Crippen LogP contribution in [0.4, 0.5) is 4.79 Å². The number of carbonyl (C=O) groups excluding carboxylic acids is 3.